The van der Waals surface area contributed by atoms with Crippen molar-refractivity contribution in [1.29, 1.82) is 0 Å². The maximum Gasteiger partial charge on any atom is 0.242 e. The molecule has 7 heteroatoms. The fourth-order valence-electron chi connectivity index (χ4n) is 2.98. The van der Waals surface area contributed by atoms with Gasteiger partial charge in [-0.25, -0.2) is 0 Å². The Morgan fingerprint density at radius 2 is 1.69 bits per heavy atom. The van der Waals surface area contributed by atoms with Crippen molar-refractivity contribution in [2.24, 2.45) is 0 Å². The Morgan fingerprint density at radius 3 is 2.28 bits per heavy atom. The van der Waals surface area contributed by atoms with E-state index in [1.807, 2.05) is 44.2 Å². The maximum absolute atomic E-state index is 13.1. The summed E-state index contributed by atoms with van der Waals surface area (Å²) in [4.78, 5) is 28.4. The van der Waals surface area contributed by atoms with E-state index in [2.05, 4.69) is 5.32 Å². The van der Waals surface area contributed by atoms with E-state index < -0.39 is 6.04 Å². The minimum atomic E-state index is -0.573. The number of amides is 2. The van der Waals surface area contributed by atoms with Gasteiger partial charge in [0.05, 0.1) is 0 Å². The van der Waals surface area contributed by atoms with E-state index in [4.69, 9.17) is 23.2 Å². The first kappa shape index (κ1) is 23.6. The zero-order valence-electron chi connectivity index (χ0n) is 16.7. The standard InChI is InChI=1S/C22H26Cl2N2O2S/c1-3-20(22(28)25-4-2)26(15-17-18(23)11-8-12-19(17)24)21(27)13-14-29-16-9-6-5-7-10-16/h5-12,20H,3-4,13-15H2,1-2H3,(H,25,28). The van der Waals surface area contributed by atoms with E-state index in [0.717, 1.165) is 4.90 Å². The molecule has 0 heterocycles. The molecule has 2 aromatic carbocycles. The Bertz CT molecular complexity index is 797. The Morgan fingerprint density at radius 1 is 1.03 bits per heavy atom. The number of thioether (sulfide) groups is 1. The predicted octanol–water partition coefficient (Wildman–Crippen LogP) is 5.42. The third-order valence-corrected chi connectivity index (χ3v) is 6.18. The third kappa shape index (κ3) is 6.95. The molecule has 1 N–H and O–H groups in total. The third-order valence-electron chi connectivity index (χ3n) is 4.45. The van der Waals surface area contributed by atoms with Gasteiger partial charge >= 0.3 is 0 Å². The second kappa shape index (κ2) is 12.1. The first-order valence-corrected chi connectivity index (χ1v) is 11.4. The number of carbonyl (C=O) groups excluding carboxylic acids is 2. The first-order valence-electron chi connectivity index (χ1n) is 9.65. The number of halogens is 2. The summed E-state index contributed by atoms with van der Waals surface area (Å²) in [6.07, 6.45) is 0.822. The SMILES string of the molecule is CCNC(=O)C(CC)N(Cc1c(Cl)cccc1Cl)C(=O)CCSc1ccccc1. The molecule has 0 bridgehead atoms. The summed E-state index contributed by atoms with van der Waals surface area (Å²) >= 11 is 14.3. The lowest BCUT2D eigenvalue weighted by Crippen LogP contribution is -2.49. The summed E-state index contributed by atoms with van der Waals surface area (Å²) < 4.78 is 0. The van der Waals surface area contributed by atoms with E-state index in [1.54, 1.807) is 34.9 Å². The number of benzene rings is 2. The summed E-state index contributed by atoms with van der Waals surface area (Å²) in [5.41, 5.74) is 0.655. The van der Waals surface area contributed by atoms with Crippen LogP contribution in [-0.4, -0.2) is 35.1 Å². The van der Waals surface area contributed by atoms with Crippen molar-refractivity contribution in [3.05, 3.63) is 64.1 Å². The molecule has 0 radical (unpaired) electrons. The van der Waals surface area contributed by atoms with Gasteiger partial charge < -0.3 is 10.2 Å². The van der Waals surface area contributed by atoms with Crippen LogP contribution >= 0.6 is 35.0 Å². The van der Waals surface area contributed by atoms with E-state index in [1.165, 1.54) is 0 Å². The van der Waals surface area contributed by atoms with Crippen LogP contribution in [0.5, 0.6) is 0 Å². The highest BCUT2D eigenvalue weighted by Crippen LogP contribution is 2.27. The van der Waals surface area contributed by atoms with Crippen molar-refractivity contribution in [2.45, 2.75) is 44.2 Å². The number of hydrogen-bond acceptors (Lipinski definition) is 3. The van der Waals surface area contributed by atoms with E-state index in [0.29, 0.717) is 40.7 Å². The molecule has 0 aliphatic carbocycles. The second-order valence-electron chi connectivity index (χ2n) is 6.45. The van der Waals surface area contributed by atoms with Crippen LogP contribution in [0.3, 0.4) is 0 Å². The molecular weight excluding hydrogens is 427 g/mol. The number of likely N-dealkylation sites (N-methyl/N-ethyl adjacent to an activating group) is 1. The smallest absolute Gasteiger partial charge is 0.242 e. The van der Waals surface area contributed by atoms with Crippen LogP contribution in [-0.2, 0) is 16.1 Å². The second-order valence-corrected chi connectivity index (χ2v) is 8.43. The molecule has 0 saturated carbocycles. The molecule has 0 fully saturated rings. The minimum absolute atomic E-state index is 0.0949. The molecule has 2 aromatic rings. The van der Waals surface area contributed by atoms with Crippen LogP contribution in [0.4, 0.5) is 0 Å². The molecule has 0 spiro atoms. The Hall–Kier alpha value is -1.69. The van der Waals surface area contributed by atoms with Gasteiger partial charge in [-0.2, -0.15) is 0 Å². The topological polar surface area (TPSA) is 49.4 Å². The first-order chi connectivity index (χ1) is 14.0. The lowest BCUT2D eigenvalue weighted by Gasteiger charge is -2.31. The Kier molecular flexibility index (Phi) is 9.85. The quantitative estimate of drug-likeness (QED) is 0.489. The summed E-state index contributed by atoms with van der Waals surface area (Å²) in [6, 6.07) is 14.6. The normalized spacial score (nSPS) is 11.7. The zero-order valence-corrected chi connectivity index (χ0v) is 19.0. The van der Waals surface area contributed by atoms with Crippen LogP contribution in [0, 0.1) is 0 Å². The number of hydrogen-bond donors (Lipinski definition) is 1. The lowest BCUT2D eigenvalue weighted by molar-refractivity contribution is -0.141. The number of nitrogens with zero attached hydrogens (tertiary/aromatic N) is 1. The molecule has 4 nitrogen and oxygen atoms in total. The Labute approximate surface area is 187 Å². The van der Waals surface area contributed by atoms with Gasteiger partial charge in [-0.15, -0.1) is 11.8 Å². The van der Waals surface area contributed by atoms with Gasteiger partial charge in [-0.05, 0) is 37.6 Å². The molecule has 1 unspecified atom stereocenters. The van der Waals surface area contributed by atoms with Crippen LogP contribution < -0.4 is 5.32 Å². The summed E-state index contributed by atoms with van der Waals surface area (Å²) in [7, 11) is 0. The number of nitrogens with one attached hydrogen (secondary N) is 1. The van der Waals surface area contributed by atoms with E-state index in [9.17, 15) is 9.59 Å². The van der Waals surface area contributed by atoms with Crippen LogP contribution in [0.15, 0.2) is 53.4 Å². The van der Waals surface area contributed by atoms with Gasteiger partial charge in [0, 0.05) is 45.8 Å². The van der Waals surface area contributed by atoms with Gasteiger partial charge in [0.15, 0.2) is 0 Å². The van der Waals surface area contributed by atoms with Crippen molar-refractivity contribution in [2.75, 3.05) is 12.3 Å². The highest BCUT2D eigenvalue weighted by Gasteiger charge is 2.29. The zero-order chi connectivity index (χ0) is 21.2. The van der Waals surface area contributed by atoms with Crippen LogP contribution in [0.1, 0.15) is 32.3 Å². The van der Waals surface area contributed by atoms with Crippen molar-refractivity contribution in [3.63, 3.8) is 0 Å². The molecule has 29 heavy (non-hydrogen) atoms. The molecule has 1 atom stereocenters. The van der Waals surface area contributed by atoms with Gasteiger partial charge in [-0.1, -0.05) is 54.4 Å². The fourth-order valence-corrected chi connectivity index (χ4v) is 4.36. The fraction of sp³-hybridized carbons (Fsp3) is 0.364. The average molecular weight is 453 g/mol. The van der Waals surface area contributed by atoms with Crippen molar-refractivity contribution in [3.8, 4) is 0 Å². The molecule has 0 saturated heterocycles. The Balaban J connectivity index is 2.18. The lowest BCUT2D eigenvalue weighted by atomic mass is 10.1. The van der Waals surface area contributed by atoms with Crippen molar-refractivity contribution in [1.82, 2.24) is 10.2 Å². The monoisotopic (exact) mass is 452 g/mol. The molecule has 0 aromatic heterocycles. The minimum Gasteiger partial charge on any atom is -0.355 e. The summed E-state index contributed by atoms with van der Waals surface area (Å²) in [5.74, 6) is 0.367. The van der Waals surface area contributed by atoms with Gasteiger partial charge in [0.2, 0.25) is 11.8 Å². The average Bonchev–Trinajstić information content (AvgIpc) is 2.71. The van der Waals surface area contributed by atoms with Crippen LogP contribution in [0.25, 0.3) is 0 Å². The van der Waals surface area contributed by atoms with Crippen LogP contribution in [0.2, 0.25) is 10.0 Å². The molecular formula is C22H26Cl2N2O2S. The van der Waals surface area contributed by atoms with Crippen molar-refractivity contribution >= 4 is 46.8 Å². The predicted molar refractivity (Wildman–Crippen MR) is 122 cm³/mol. The maximum atomic E-state index is 13.1. The van der Waals surface area contributed by atoms with E-state index in [-0.39, 0.29) is 18.4 Å². The molecule has 0 aliphatic rings. The highest BCUT2D eigenvalue weighted by molar-refractivity contribution is 7.99. The largest absolute Gasteiger partial charge is 0.355 e. The molecule has 2 amide bonds. The summed E-state index contributed by atoms with van der Waals surface area (Å²) in [5, 5.41) is 3.80. The van der Waals surface area contributed by atoms with E-state index >= 15 is 0 Å². The van der Waals surface area contributed by atoms with Crippen molar-refractivity contribution < 1.29 is 9.59 Å². The van der Waals surface area contributed by atoms with Gasteiger partial charge in [0.1, 0.15) is 6.04 Å². The molecule has 156 valence electrons. The number of rotatable bonds is 10. The molecule has 2 rings (SSSR count). The number of carbonyl (C=O) groups is 2. The van der Waals surface area contributed by atoms with Gasteiger partial charge in [-0.3, -0.25) is 9.59 Å². The molecule has 0 aliphatic heterocycles. The summed E-state index contributed by atoms with van der Waals surface area (Å²) in [6.45, 7) is 4.46. The van der Waals surface area contributed by atoms with Gasteiger partial charge in [0.25, 0.3) is 0 Å². The highest BCUT2D eigenvalue weighted by atomic mass is 35.5.